The fourth-order valence-electron chi connectivity index (χ4n) is 3.82. The number of carboxylic acid groups (broad SMARTS) is 1. The molecule has 0 fully saturated rings. The van der Waals surface area contributed by atoms with Crippen molar-refractivity contribution in [3.05, 3.63) is 59.2 Å². The summed E-state index contributed by atoms with van der Waals surface area (Å²) in [6, 6.07) is 10.3. The summed E-state index contributed by atoms with van der Waals surface area (Å²) in [6.07, 6.45) is 3.99. The van der Waals surface area contributed by atoms with Crippen molar-refractivity contribution in [2.24, 2.45) is 11.0 Å². The fraction of sp³-hybridized carbons (Fsp3) is 0.440. The highest BCUT2D eigenvalue weighted by molar-refractivity contribution is 5.86. The molecule has 0 saturated carbocycles. The molecule has 0 bridgehead atoms. The number of benzene rings is 2. The number of hydrogen-bond donors (Lipinski definition) is 1. The Kier molecular flexibility index (Phi) is 7.83. The Morgan fingerprint density at radius 3 is 2.47 bits per heavy atom. The monoisotopic (exact) mass is 444 g/mol. The molecule has 1 heterocycles. The van der Waals surface area contributed by atoms with Crippen molar-refractivity contribution in [3.8, 4) is 5.75 Å². The van der Waals surface area contributed by atoms with Crippen LogP contribution >= 0.6 is 0 Å². The minimum Gasteiger partial charge on any atom is -0.485 e. The smallest absolute Gasteiger partial charge is 0.306 e. The predicted octanol–water partition coefficient (Wildman–Crippen LogP) is 5.60. The third kappa shape index (κ3) is 5.84. The average Bonchev–Trinajstić information content (AvgIpc) is 3.12. The molecule has 0 aliphatic carbocycles. The molecule has 0 amide bonds. The first-order chi connectivity index (χ1) is 15.3. The largest absolute Gasteiger partial charge is 0.485 e. The Hall–Kier alpha value is -2.96. The van der Waals surface area contributed by atoms with Gasteiger partial charge in [-0.05, 0) is 61.6 Å². The van der Waals surface area contributed by atoms with Gasteiger partial charge in [0.15, 0.2) is 17.4 Å². The molecule has 2 aromatic carbocycles. The van der Waals surface area contributed by atoms with E-state index in [4.69, 9.17) is 9.84 Å². The maximum atomic E-state index is 14.5. The minimum atomic E-state index is -1.01. The SMILES string of the molecule is CCCCc1ccc(N2N=C(C)CC2COc2c(F)cc(CC(C)C(=O)O)cc2F)cc1. The molecular weight excluding hydrogens is 414 g/mol. The van der Waals surface area contributed by atoms with E-state index in [1.807, 2.05) is 24.1 Å². The number of aliphatic carboxylic acids is 1. The second kappa shape index (κ2) is 10.6. The molecule has 1 aliphatic heterocycles. The van der Waals surface area contributed by atoms with Gasteiger partial charge in [-0.25, -0.2) is 8.78 Å². The molecule has 0 spiro atoms. The van der Waals surface area contributed by atoms with Crippen molar-refractivity contribution in [1.82, 2.24) is 0 Å². The van der Waals surface area contributed by atoms with Crippen molar-refractivity contribution in [1.29, 1.82) is 0 Å². The summed E-state index contributed by atoms with van der Waals surface area (Å²) in [5, 5.41) is 15.4. The van der Waals surface area contributed by atoms with Gasteiger partial charge in [-0.3, -0.25) is 9.80 Å². The normalized spacial score (nSPS) is 16.7. The zero-order valence-electron chi connectivity index (χ0n) is 18.8. The Bertz CT molecular complexity index is 953. The molecular formula is C25H30F2N2O3. The van der Waals surface area contributed by atoms with E-state index >= 15 is 0 Å². The quantitative estimate of drug-likeness (QED) is 0.518. The van der Waals surface area contributed by atoms with Crippen LogP contribution in [0.1, 0.15) is 51.2 Å². The Morgan fingerprint density at radius 1 is 1.22 bits per heavy atom. The van der Waals surface area contributed by atoms with Crippen LogP contribution in [0.2, 0.25) is 0 Å². The summed E-state index contributed by atoms with van der Waals surface area (Å²) in [7, 11) is 0. The number of unbranched alkanes of at least 4 members (excludes halogenated alkanes) is 1. The summed E-state index contributed by atoms with van der Waals surface area (Å²) in [5.74, 6) is -3.86. The van der Waals surface area contributed by atoms with Crippen LogP contribution in [0.4, 0.5) is 14.5 Å². The second-order valence-electron chi connectivity index (χ2n) is 8.45. The van der Waals surface area contributed by atoms with Crippen LogP contribution in [0.3, 0.4) is 0 Å². The van der Waals surface area contributed by atoms with Gasteiger partial charge in [-0.2, -0.15) is 5.10 Å². The van der Waals surface area contributed by atoms with Crippen LogP contribution in [-0.2, 0) is 17.6 Å². The van der Waals surface area contributed by atoms with Crippen molar-refractivity contribution in [2.75, 3.05) is 11.6 Å². The number of aryl methyl sites for hydroxylation is 1. The highest BCUT2D eigenvalue weighted by Gasteiger charge is 2.27. The summed E-state index contributed by atoms with van der Waals surface area (Å²) < 4.78 is 34.6. The zero-order valence-corrected chi connectivity index (χ0v) is 18.8. The summed E-state index contributed by atoms with van der Waals surface area (Å²) >= 11 is 0. The standard InChI is InChI=1S/C25H30F2N2O3/c1-4-5-6-18-7-9-20(10-8-18)29-21(12-17(3)28-29)15-32-24-22(26)13-19(14-23(24)27)11-16(2)25(30)31/h7-10,13-14,16,21H,4-6,11-12,15H2,1-3H3,(H,30,31). The maximum absolute atomic E-state index is 14.5. The first-order valence-electron chi connectivity index (χ1n) is 11.0. The van der Waals surface area contributed by atoms with Crippen LogP contribution < -0.4 is 9.75 Å². The highest BCUT2D eigenvalue weighted by atomic mass is 19.1. The molecule has 0 aromatic heterocycles. The van der Waals surface area contributed by atoms with E-state index in [0.717, 1.165) is 42.8 Å². The number of carbonyl (C=O) groups is 1. The van der Waals surface area contributed by atoms with Crippen LogP contribution in [0.25, 0.3) is 0 Å². The van der Waals surface area contributed by atoms with Gasteiger partial charge in [-0.1, -0.05) is 32.4 Å². The summed E-state index contributed by atoms with van der Waals surface area (Å²) in [4.78, 5) is 11.0. The number of halogens is 2. The number of ether oxygens (including phenoxy) is 1. The van der Waals surface area contributed by atoms with Crippen LogP contribution in [0.15, 0.2) is 41.5 Å². The molecule has 1 N–H and O–H groups in total. The molecule has 5 nitrogen and oxygen atoms in total. The highest BCUT2D eigenvalue weighted by Crippen LogP contribution is 2.29. The van der Waals surface area contributed by atoms with E-state index in [2.05, 4.69) is 24.2 Å². The maximum Gasteiger partial charge on any atom is 0.306 e. The van der Waals surface area contributed by atoms with Gasteiger partial charge in [-0.15, -0.1) is 0 Å². The first-order valence-corrected chi connectivity index (χ1v) is 11.0. The van der Waals surface area contributed by atoms with Gasteiger partial charge in [0, 0.05) is 12.1 Å². The minimum absolute atomic E-state index is 0.0428. The number of hydrogen-bond acceptors (Lipinski definition) is 4. The molecule has 2 aromatic rings. The van der Waals surface area contributed by atoms with Crippen molar-refractivity contribution in [3.63, 3.8) is 0 Å². The van der Waals surface area contributed by atoms with Crippen LogP contribution in [-0.4, -0.2) is 29.4 Å². The lowest BCUT2D eigenvalue weighted by Gasteiger charge is -2.24. The van der Waals surface area contributed by atoms with Gasteiger partial charge in [0.1, 0.15) is 6.61 Å². The zero-order chi connectivity index (χ0) is 23.3. The lowest BCUT2D eigenvalue weighted by molar-refractivity contribution is -0.141. The Morgan fingerprint density at radius 2 is 1.88 bits per heavy atom. The molecule has 32 heavy (non-hydrogen) atoms. The van der Waals surface area contributed by atoms with Gasteiger partial charge in [0.2, 0.25) is 0 Å². The Balaban J connectivity index is 1.68. The molecule has 7 heteroatoms. The van der Waals surface area contributed by atoms with E-state index in [0.29, 0.717) is 6.42 Å². The van der Waals surface area contributed by atoms with E-state index in [1.54, 1.807) is 0 Å². The molecule has 2 atom stereocenters. The van der Waals surface area contributed by atoms with E-state index in [-0.39, 0.29) is 24.6 Å². The second-order valence-corrected chi connectivity index (χ2v) is 8.45. The number of hydrazone groups is 1. The average molecular weight is 445 g/mol. The van der Waals surface area contributed by atoms with Crippen LogP contribution in [0, 0.1) is 17.6 Å². The molecule has 2 unspecified atom stereocenters. The summed E-state index contributed by atoms with van der Waals surface area (Å²) in [6.45, 7) is 5.64. The molecule has 172 valence electrons. The van der Waals surface area contributed by atoms with Gasteiger partial charge < -0.3 is 9.84 Å². The third-order valence-corrected chi connectivity index (χ3v) is 5.62. The fourth-order valence-corrected chi connectivity index (χ4v) is 3.82. The Labute approximate surface area is 187 Å². The van der Waals surface area contributed by atoms with Gasteiger partial charge >= 0.3 is 5.97 Å². The molecule has 0 radical (unpaired) electrons. The number of carboxylic acids is 1. The summed E-state index contributed by atoms with van der Waals surface area (Å²) in [5.41, 5.74) is 3.39. The van der Waals surface area contributed by atoms with E-state index in [1.165, 1.54) is 12.5 Å². The van der Waals surface area contributed by atoms with Gasteiger partial charge in [0.05, 0.1) is 17.6 Å². The lowest BCUT2D eigenvalue weighted by atomic mass is 10.0. The molecule has 0 saturated heterocycles. The number of anilines is 1. The van der Waals surface area contributed by atoms with Gasteiger partial charge in [0.25, 0.3) is 0 Å². The number of rotatable bonds is 10. The van der Waals surface area contributed by atoms with Crippen molar-refractivity contribution < 1.29 is 23.4 Å². The predicted molar refractivity (Wildman–Crippen MR) is 121 cm³/mol. The first kappa shape index (κ1) is 23.7. The molecule has 1 aliphatic rings. The topological polar surface area (TPSA) is 62.1 Å². The van der Waals surface area contributed by atoms with Crippen LogP contribution in [0.5, 0.6) is 5.75 Å². The number of nitrogens with zero attached hydrogens (tertiary/aromatic N) is 2. The van der Waals surface area contributed by atoms with E-state index < -0.39 is 29.3 Å². The lowest BCUT2D eigenvalue weighted by Crippen LogP contribution is -2.32. The van der Waals surface area contributed by atoms with E-state index in [9.17, 15) is 13.6 Å². The van der Waals surface area contributed by atoms with Crippen molar-refractivity contribution >= 4 is 17.4 Å². The third-order valence-electron chi connectivity index (χ3n) is 5.62. The van der Waals surface area contributed by atoms with Crippen molar-refractivity contribution in [2.45, 2.75) is 58.9 Å². The molecule has 3 rings (SSSR count).